The molecule has 1 fully saturated rings. The second-order valence-corrected chi connectivity index (χ2v) is 10.4. The summed E-state index contributed by atoms with van der Waals surface area (Å²) < 4.78 is 29.5. The third-order valence-electron chi connectivity index (χ3n) is 5.45. The number of benzene rings is 1. The molecule has 3 heterocycles. The van der Waals surface area contributed by atoms with Gasteiger partial charge in [-0.1, -0.05) is 23.2 Å². The highest BCUT2D eigenvalue weighted by atomic mass is 35.5. The van der Waals surface area contributed by atoms with Crippen LogP contribution < -0.4 is 11.1 Å². The van der Waals surface area contributed by atoms with Crippen molar-refractivity contribution in [2.45, 2.75) is 37.9 Å². The molecule has 170 valence electrons. The van der Waals surface area contributed by atoms with E-state index in [9.17, 15) is 13.2 Å². The molecule has 1 atom stereocenters. The van der Waals surface area contributed by atoms with E-state index in [-0.39, 0.29) is 42.4 Å². The van der Waals surface area contributed by atoms with E-state index in [1.54, 1.807) is 29.5 Å². The number of halogens is 2. The van der Waals surface area contributed by atoms with E-state index in [0.717, 1.165) is 5.56 Å². The number of hydrogen-bond acceptors (Lipinski definition) is 6. The van der Waals surface area contributed by atoms with Crippen molar-refractivity contribution in [2.24, 2.45) is 5.73 Å². The third-order valence-corrected chi connectivity index (χ3v) is 7.73. The van der Waals surface area contributed by atoms with Crippen LogP contribution in [-0.4, -0.2) is 52.1 Å². The van der Waals surface area contributed by atoms with Crippen LogP contribution in [0.1, 0.15) is 24.6 Å². The van der Waals surface area contributed by atoms with Crippen LogP contribution in [0.25, 0.3) is 17.0 Å². The summed E-state index contributed by atoms with van der Waals surface area (Å²) in [5.41, 5.74) is 8.60. The topological polar surface area (TPSA) is 123 Å². The highest BCUT2D eigenvalue weighted by Crippen LogP contribution is 2.34. The Hall–Kier alpha value is -2.24. The first-order valence-corrected chi connectivity index (χ1v) is 12.1. The minimum Gasteiger partial charge on any atom is -0.352 e. The Balaban J connectivity index is 1.83. The summed E-state index contributed by atoms with van der Waals surface area (Å²) in [5, 5.41) is 3.51. The smallest absolute Gasteiger partial charge is 0.262 e. The summed E-state index contributed by atoms with van der Waals surface area (Å²) in [6, 6.07) is 4.84. The first-order chi connectivity index (χ1) is 15.1. The maximum Gasteiger partial charge on any atom is 0.262 e. The van der Waals surface area contributed by atoms with Crippen LogP contribution in [0.3, 0.4) is 0 Å². The summed E-state index contributed by atoms with van der Waals surface area (Å²) in [7, 11) is -3.89. The molecule has 12 heteroatoms. The average molecular weight is 497 g/mol. The first kappa shape index (κ1) is 22.9. The number of nitrogens with two attached hydrogens (primary N) is 1. The highest BCUT2D eigenvalue weighted by molar-refractivity contribution is 7.89. The standard InChI is InChI=1S/C20H22Cl2N6O3S/c1-11-16(8-23)19(15-4-3-13(21)7-17(15)22)28-10-18(26-20(28)24-11)32(30,31)27-6-5-14(9-27)25-12(2)29/h3-4,7,10,14H,5-6,8-9,23H2,1-2H3,(H,25,29)/t14-/m0/s1. The zero-order chi connectivity index (χ0) is 23.2. The van der Waals surface area contributed by atoms with E-state index in [1.165, 1.54) is 17.4 Å². The lowest BCUT2D eigenvalue weighted by Crippen LogP contribution is -2.37. The third kappa shape index (κ3) is 4.08. The Kier molecular flexibility index (Phi) is 6.17. The van der Waals surface area contributed by atoms with E-state index in [1.807, 2.05) is 0 Å². The summed E-state index contributed by atoms with van der Waals surface area (Å²) in [5.74, 6) is 0.0253. The fourth-order valence-electron chi connectivity index (χ4n) is 3.95. The molecule has 1 aliphatic rings. The molecule has 4 rings (SSSR count). The van der Waals surface area contributed by atoms with Crippen LogP contribution in [0.5, 0.6) is 0 Å². The molecule has 0 saturated carbocycles. The molecular formula is C20H22Cl2N6O3S. The summed E-state index contributed by atoms with van der Waals surface area (Å²) >= 11 is 12.5. The van der Waals surface area contributed by atoms with Gasteiger partial charge in [0, 0.05) is 54.4 Å². The molecule has 32 heavy (non-hydrogen) atoms. The predicted molar refractivity (Wildman–Crippen MR) is 122 cm³/mol. The molecule has 0 aliphatic carbocycles. The van der Waals surface area contributed by atoms with E-state index in [0.29, 0.717) is 33.4 Å². The molecule has 1 saturated heterocycles. The van der Waals surface area contributed by atoms with Gasteiger partial charge < -0.3 is 11.1 Å². The van der Waals surface area contributed by atoms with Gasteiger partial charge in [-0.2, -0.15) is 9.29 Å². The molecule has 3 N–H and O–H groups in total. The molecule has 1 aliphatic heterocycles. The largest absolute Gasteiger partial charge is 0.352 e. The van der Waals surface area contributed by atoms with Gasteiger partial charge >= 0.3 is 0 Å². The number of hydrogen-bond donors (Lipinski definition) is 2. The fourth-order valence-corrected chi connectivity index (χ4v) is 5.87. The number of imidazole rings is 1. The molecule has 0 bridgehead atoms. The number of carbonyl (C=O) groups excluding carboxylic acids is 1. The normalized spacial score (nSPS) is 17.2. The van der Waals surface area contributed by atoms with Crippen LogP contribution in [0.4, 0.5) is 0 Å². The maximum atomic E-state index is 13.3. The Labute approximate surface area is 195 Å². The Bertz CT molecular complexity index is 1320. The minimum absolute atomic E-state index is 0.131. The van der Waals surface area contributed by atoms with Gasteiger partial charge in [0.1, 0.15) is 0 Å². The molecule has 3 aromatic rings. The van der Waals surface area contributed by atoms with Gasteiger partial charge in [0.2, 0.25) is 11.7 Å². The monoisotopic (exact) mass is 496 g/mol. The van der Waals surface area contributed by atoms with Crippen LogP contribution in [0, 0.1) is 6.92 Å². The van der Waals surface area contributed by atoms with Crippen molar-refractivity contribution in [1.29, 1.82) is 0 Å². The Morgan fingerprint density at radius 1 is 1.31 bits per heavy atom. The van der Waals surface area contributed by atoms with Gasteiger partial charge in [0.25, 0.3) is 10.0 Å². The predicted octanol–water partition coefficient (Wildman–Crippen LogP) is 2.37. The lowest BCUT2D eigenvalue weighted by molar-refractivity contribution is -0.119. The average Bonchev–Trinajstić information content (AvgIpc) is 3.34. The molecule has 1 amide bonds. The van der Waals surface area contributed by atoms with Crippen molar-refractivity contribution in [3.05, 3.63) is 45.7 Å². The van der Waals surface area contributed by atoms with Gasteiger partial charge in [-0.05, 0) is 31.5 Å². The lowest BCUT2D eigenvalue weighted by Gasteiger charge is -2.15. The van der Waals surface area contributed by atoms with Crippen LogP contribution >= 0.6 is 23.2 Å². The van der Waals surface area contributed by atoms with Crippen molar-refractivity contribution in [2.75, 3.05) is 13.1 Å². The quantitative estimate of drug-likeness (QED) is 0.558. The second kappa shape index (κ2) is 8.60. The number of nitrogens with one attached hydrogen (secondary N) is 1. The molecule has 0 spiro atoms. The molecule has 0 radical (unpaired) electrons. The number of nitrogens with zero attached hydrogens (tertiary/aromatic N) is 4. The van der Waals surface area contributed by atoms with Gasteiger partial charge in [-0.25, -0.2) is 13.4 Å². The number of sulfonamides is 1. The van der Waals surface area contributed by atoms with Crippen molar-refractivity contribution in [1.82, 2.24) is 24.0 Å². The first-order valence-electron chi connectivity index (χ1n) is 9.93. The Morgan fingerprint density at radius 3 is 2.72 bits per heavy atom. The number of aryl methyl sites for hydroxylation is 1. The van der Waals surface area contributed by atoms with Crippen LogP contribution in [0.15, 0.2) is 29.4 Å². The van der Waals surface area contributed by atoms with E-state index >= 15 is 0 Å². The van der Waals surface area contributed by atoms with Gasteiger partial charge in [0.15, 0.2) is 5.03 Å². The molecule has 2 aromatic heterocycles. The molecule has 1 aromatic carbocycles. The summed E-state index contributed by atoms with van der Waals surface area (Å²) in [4.78, 5) is 20.1. The summed E-state index contributed by atoms with van der Waals surface area (Å²) in [6.07, 6.45) is 1.97. The minimum atomic E-state index is -3.89. The highest BCUT2D eigenvalue weighted by Gasteiger charge is 2.35. The second-order valence-electron chi connectivity index (χ2n) is 7.65. The zero-order valence-corrected chi connectivity index (χ0v) is 19.8. The van der Waals surface area contributed by atoms with Crippen LogP contribution in [-0.2, 0) is 21.4 Å². The van der Waals surface area contributed by atoms with Gasteiger partial charge in [-0.15, -0.1) is 0 Å². The van der Waals surface area contributed by atoms with E-state index in [2.05, 4.69) is 15.3 Å². The van der Waals surface area contributed by atoms with E-state index in [4.69, 9.17) is 28.9 Å². The van der Waals surface area contributed by atoms with Crippen molar-refractivity contribution >= 4 is 44.9 Å². The molecule has 9 nitrogen and oxygen atoms in total. The SMILES string of the molecule is CC(=O)N[C@H]1CCN(S(=O)(=O)c2cn3c(-c4ccc(Cl)cc4Cl)c(CN)c(C)nc3n2)C1. The van der Waals surface area contributed by atoms with Crippen molar-refractivity contribution < 1.29 is 13.2 Å². The Morgan fingerprint density at radius 2 is 2.06 bits per heavy atom. The van der Waals surface area contributed by atoms with E-state index < -0.39 is 10.0 Å². The fraction of sp³-hybridized carbons (Fsp3) is 0.350. The van der Waals surface area contributed by atoms with Gasteiger partial charge in [-0.3, -0.25) is 9.20 Å². The zero-order valence-electron chi connectivity index (χ0n) is 17.5. The lowest BCUT2D eigenvalue weighted by atomic mass is 10.0. The van der Waals surface area contributed by atoms with Crippen LogP contribution in [0.2, 0.25) is 10.0 Å². The van der Waals surface area contributed by atoms with Crippen molar-refractivity contribution in [3.8, 4) is 11.3 Å². The number of rotatable bonds is 5. The number of aromatic nitrogens is 3. The number of fused-ring (bicyclic) bond motifs is 1. The van der Waals surface area contributed by atoms with Gasteiger partial charge in [0.05, 0.1) is 16.9 Å². The maximum absolute atomic E-state index is 13.3. The summed E-state index contributed by atoms with van der Waals surface area (Å²) in [6.45, 7) is 3.85. The number of carbonyl (C=O) groups is 1. The van der Waals surface area contributed by atoms with Crippen molar-refractivity contribution in [3.63, 3.8) is 0 Å². The molecule has 0 unspecified atom stereocenters. The molecular weight excluding hydrogens is 475 g/mol. The number of amides is 1.